The predicted molar refractivity (Wildman–Crippen MR) is 74.6 cm³/mol. The zero-order chi connectivity index (χ0) is 12.3. The van der Waals surface area contributed by atoms with Gasteiger partial charge >= 0.3 is 0 Å². The molecule has 17 heavy (non-hydrogen) atoms. The lowest BCUT2D eigenvalue weighted by molar-refractivity contribution is 0.585. The first-order chi connectivity index (χ1) is 8.07. The molecule has 1 fully saturated rings. The summed E-state index contributed by atoms with van der Waals surface area (Å²) in [7, 11) is 0. The molecule has 0 radical (unpaired) electrons. The van der Waals surface area contributed by atoms with Gasteiger partial charge in [-0.15, -0.1) is 0 Å². The minimum atomic E-state index is 0.206. The van der Waals surface area contributed by atoms with Crippen LogP contribution in [0.5, 0.6) is 0 Å². The molecule has 0 saturated carbocycles. The summed E-state index contributed by atoms with van der Waals surface area (Å²) >= 11 is 0. The maximum Gasteiger partial charge on any atom is 0.0378 e. The second-order valence-electron chi connectivity index (χ2n) is 6.04. The van der Waals surface area contributed by atoms with Crippen molar-refractivity contribution in [3.05, 3.63) is 29.8 Å². The topological polar surface area (TPSA) is 24.1 Å². The van der Waals surface area contributed by atoms with Crippen LogP contribution in [0.1, 0.15) is 32.8 Å². The fourth-order valence-electron chi connectivity index (χ4n) is 2.43. The Balaban J connectivity index is 2.04. The summed E-state index contributed by atoms with van der Waals surface area (Å²) in [5.74, 6) is 0.781. The first-order valence-corrected chi connectivity index (χ1v) is 6.61. The maximum atomic E-state index is 3.62. The molecule has 2 nitrogen and oxygen atoms in total. The Bertz CT molecular complexity index is 359. The van der Waals surface area contributed by atoms with Crippen molar-refractivity contribution in [2.24, 2.45) is 5.92 Å². The third kappa shape index (κ3) is 3.22. The molecule has 1 aromatic rings. The van der Waals surface area contributed by atoms with E-state index in [-0.39, 0.29) is 5.41 Å². The van der Waals surface area contributed by atoms with Crippen LogP contribution in [0.2, 0.25) is 0 Å². The van der Waals surface area contributed by atoms with Gasteiger partial charge in [0.15, 0.2) is 0 Å². The van der Waals surface area contributed by atoms with Gasteiger partial charge in [-0.05, 0) is 42.5 Å². The molecule has 1 saturated heterocycles. The first kappa shape index (κ1) is 12.4. The average molecular weight is 232 g/mol. The molecular weight excluding hydrogens is 208 g/mol. The molecule has 1 aliphatic heterocycles. The highest BCUT2D eigenvalue weighted by atomic mass is 14.9. The molecule has 0 spiro atoms. The molecule has 0 aliphatic carbocycles. The van der Waals surface area contributed by atoms with E-state index in [1.807, 2.05) is 0 Å². The summed E-state index contributed by atoms with van der Waals surface area (Å²) in [5, 5.41) is 7.04. The van der Waals surface area contributed by atoms with Crippen LogP contribution < -0.4 is 10.6 Å². The van der Waals surface area contributed by atoms with Gasteiger partial charge in [-0.25, -0.2) is 0 Å². The van der Waals surface area contributed by atoms with Crippen molar-refractivity contribution >= 4 is 5.69 Å². The molecule has 1 aromatic carbocycles. The number of hydrogen-bond donors (Lipinski definition) is 2. The second kappa shape index (κ2) is 5.09. The Kier molecular flexibility index (Phi) is 3.72. The number of hydrogen-bond acceptors (Lipinski definition) is 2. The van der Waals surface area contributed by atoms with Crippen LogP contribution in [0, 0.1) is 5.92 Å². The third-order valence-corrected chi connectivity index (χ3v) is 3.48. The molecular formula is C15H24N2. The van der Waals surface area contributed by atoms with Crippen molar-refractivity contribution in [2.75, 3.05) is 25.0 Å². The molecule has 0 amide bonds. The molecule has 1 aliphatic rings. The molecule has 0 bridgehead atoms. The molecule has 94 valence electrons. The van der Waals surface area contributed by atoms with E-state index in [4.69, 9.17) is 0 Å². The van der Waals surface area contributed by atoms with E-state index in [9.17, 15) is 0 Å². The zero-order valence-electron chi connectivity index (χ0n) is 11.2. The molecule has 1 atom stereocenters. The van der Waals surface area contributed by atoms with Crippen LogP contribution >= 0.6 is 0 Å². The smallest absolute Gasteiger partial charge is 0.0378 e. The average Bonchev–Trinajstić information content (AvgIpc) is 2.78. The van der Waals surface area contributed by atoms with Crippen molar-refractivity contribution < 1.29 is 0 Å². The number of rotatable bonds is 3. The van der Waals surface area contributed by atoms with Crippen LogP contribution in [0.15, 0.2) is 24.3 Å². The Morgan fingerprint density at radius 2 is 2.06 bits per heavy atom. The van der Waals surface area contributed by atoms with Gasteiger partial charge in [0.2, 0.25) is 0 Å². The minimum Gasteiger partial charge on any atom is -0.384 e. The minimum absolute atomic E-state index is 0.206. The summed E-state index contributed by atoms with van der Waals surface area (Å²) in [6, 6.07) is 8.67. The third-order valence-electron chi connectivity index (χ3n) is 3.48. The normalized spacial score (nSPS) is 20.5. The summed E-state index contributed by atoms with van der Waals surface area (Å²) in [6.07, 6.45) is 1.30. The fraction of sp³-hybridized carbons (Fsp3) is 0.600. The number of para-hydroxylation sites is 1. The van der Waals surface area contributed by atoms with E-state index in [0.717, 1.165) is 19.0 Å². The van der Waals surface area contributed by atoms with Crippen LogP contribution in [-0.2, 0) is 5.41 Å². The summed E-state index contributed by atoms with van der Waals surface area (Å²) < 4.78 is 0. The summed E-state index contributed by atoms with van der Waals surface area (Å²) in [6.45, 7) is 10.2. The lowest BCUT2D eigenvalue weighted by atomic mass is 9.85. The zero-order valence-corrected chi connectivity index (χ0v) is 11.2. The van der Waals surface area contributed by atoms with E-state index >= 15 is 0 Å². The Morgan fingerprint density at radius 3 is 2.71 bits per heavy atom. The van der Waals surface area contributed by atoms with Gasteiger partial charge < -0.3 is 10.6 Å². The lowest BCUT2D eigenvalue weighted by Gasteiger charge is -2.24. The van der Waals surface area contributed by atoms with E-state index in [1.54, 1.807) is 0 Å². The van der Waals surface area contributed by atoms with Crippen molar-refractivity contribution in [3.8, 4) is 0 Å². The van der Waals surface area contributed by atoms with E-state index in [0.29, 0.717) is 0 Å². The van der Waals surface area contributed by atoms with Gasteiger partial charge in [0.1, 0.15) is 0 Å². The van der Waals surface area contributed by atoms with E-state index in [1.165, 1.54) is 24.2 Å². The van der Waals surface area contributed by atoms with Gasteiger partial charge in [-0.1, -0.05) is 39.0 Å². The monoisotopic (exact) mass is 232 g/mol. The Labute approximate surface area is 105 Å². The van der Waals surface area contributed by atoms with Gasteiger partial charge in [0.25, 0.3) is 0 Å². The van der Waals surface area contributed by atoms with E-state index < -0.39 is 0 Å². The van der Waals surface area contributed by atoms with Crippen LogP contribution in [-0.4, -0.2) is 19.6 Å². The Morgan fingerprint density at radius 1 is 1.29 bits per heavy atom. The number of benzene rings is 1. The Hall–Kier alpha value is -1.02. The standard InChI is InChI=1S/C15H24N2/c1-15(2,3)13-6-4-5-7-14(13)17-11-12-8-9-16-10-12/h4-7,12,16-17H,8-11H2,1-3H3. The van der Waals surface area contributed by atoms with Crippen molar-refractivity contribution in [3.63, 3.8) is 0 Å². The SMILES string of the molecule is CC(C)(C)c1ccccc1NCC1CCNC1. The quantitative estimate of drug-likeness (QED) is 0.837. The first-order valence-electron chi connectivity index (χ1n) is 6.61. The van der Waals surface area contributed by atoms with Crippen LogP contribution in [0.3, 0.4) is 0 Å². The number of anilines is 1. The molecule has 1 heterocycles. The molecule has 2 heteroatoms. The lowest BCUT2D eigenvalue weighted by Crippen LogP contribution is -2.20. The van der Waals surface area contributed by atoms with Crippen molar-refractivity contribution in [1.29, 1.82) is 0 Å². The van der Waals surface area contributed by atoms with Gasteiger partial charge in [0.05, 0.1) is 0 Å². The van der Waals surface area contributed by atoms with Gasteiger partial charge in [0, 0.05) is 12.2 Å². The largest absolute Gasteiger partial charge is 0.384 e. The molecule has 1 unspecified atom stereocenters. The van der Waals surface area contributed by atoms with Crippen LogP contribution in [0.4, 0.5) is 5.69 Å². The molecule has 2 N–H and O–H groups in total. The maximum absolute atomic E-state index is 3.62. The predicted octanol–water partition coefficient (Wildman–Crippen LogP) is 3.01. The summed E-state index contributed by atoms with van der Waals surface area (Å²) in [4.78, 5) is 0. The fourth-order valence-corrected chi connectivity index (χ4v) is 2.43. The molecule has 0 aromatic heterocycles. The highest BCUT2D eigenvalue weighted by Gasteiger charge is 2.19. The summed E-state index contributed by atoms with van der Waals surface area (Å²) in [5.41, 5.74) is 2.91. The molecule has 2 rings (SSSR count). The second-order valence-corrected chi connectivity index (χ2v) is 6.04. The number of nitrogens with one attached hydrogen (secondary N) is 2. The van der Waals surface area contributed by atoms with Crippen LogP contribution in [0.25, 0.3) is 0 Å². The van der Waals surface area contributed by atoms with Gasteiger partial charge in [-0.2, -0.15) is 0 Å². The highest BCUT2D eigenvalue weighted by Crippen LogP contribution is 2.29. The van der Waals surface area contributed by atoms with E-state index in [2.05, 4.69) is 55.7 Å². The van der Waals surface area contributed by atoms with Crippen molar-refractivity contribution in [1.82, 2.24) is 5.32 Å². The van der Waals surface area contributed by atoms with Gasteiger partial charge in [-0.3, -0.25) is 0 Å². The highest BCUT2D eigenvalue weighted by molar-refractivity contribution is 5.54. The van der Waals surface area contributed by atoms with Crippen molar-refractivity contribution in [2.45, 2.75) is 32.6 Å².